The van der Waals surface area contributed by atoms with Gasteiger partial charge in [-0.3, -0.25) is 4.79 Å². The number of nitrogens with one attached hydrogen (secondary N) is 2. The lowest BCUT2D eigenvalue weighted by Gasteiger charge is -2.11. The molecule has 0 aliphatic carbocycles. The average molecular weight is 321 g/mol. The van der Waals surface area contributed by atoms with Crippen LogP contribution in [0.5, 0.6) is 0 Å². The second-order valence-electron chi connectivity index (χ2n) is 4.29. The van der Waals surface area contributed by atoms with E-state index >= 15 is 0 Å². The Morgan fingerprint density at radius 2 is 1.67 bits per heavy atom. The van der Waals surface area contributed by atoms with Gasteiger partial charge in [-0.25, -0.2) is 0 Å². The monoisotopic (exact) mass is 320 g/mol. The Balaban J connectivity index is 2.02. The number of anilines is 3. The lowest BCUT2D eigenvalue weighted by molar-refractivity contribution is 0.100. The molecule has 6 N–H and O–H groups in total. The number of hydrogen-bond donors (Lipinski definition) is 4. The molecule has 5 nitrogen and oxygen atoms in total. The predicted octanol–water partition coefficient (Wildman–Crippen LogP) is 2.83. The molecule has 0 unspecified atom stereocenters. The molecule has 2 rings (SSSR count). The van der Waals surface area contributed by atoms with Crippen molar-refractivity contribution in [1.82, 2.24) is 0 Å². The summed E-state index contributed by atoms with van der Waals surface area (Å²) >= 11 is 11.1. The number of thiocarbonyl (C=S) groups is 1. The first-order valence-electron chi connectivity index (χ1n) is 5.98. The summed E-state index contributed by atoms with van der Waals surface area (Å²) in [6.07, 6.45) is 0. The first kappa shape index (κ1) is 15.1. The van der Waals surface area contributed by atoms with Crippen LogP contribution in [-0.2, 0) is 0 Å². The standard InChI is InChI=1S/C14H13ClN4OS/c15-9-5-10(16)7-12(6-9)19-14(21)18-11-3-1-8(2-4-11)13(17)20/h1-7H,16H2,(H2,17,20)(H2,18,19,21). The number of carbonyl (C=O) groups excluding carboxylic acids is 1. The zero-order valence-corrected chi connectivity index (χ0v) is 12.5. The Labute approximate surface area is 132 Å². The van der Waals surface area contributed by atoms with E-state index in [0.717, 1.165) is 5.69 Å². The summed E-state index contributed by atoms with van der Waals surface area (Å²) in [6, 6.07) is 11.7. The van der Waals surface area contributed by atoms with Gasteiger partial charge in [-0.1, -0.05) is 11.6 Å². The van der Waals surface area contributed by atoms with Crippen LogP contribution in [0.15, 0.2) is 42.5 Å². The minimum atomic E-state index is -0.475. The van der Waals surface area contributed by atoms with E-state index in [1.165, 1.54) is 0 Å². The van der Waals surface area contributed by atoms with Crippen molar-refractivity contribution in [2.24, 2.45) is 5.73 Å². The van der Waals surface area contributed by atoms with Crippen LogP contribution in [0.4, 0.5) is 17.1 Å². The average Bonchev–Trinajstić information content (AvgIpc) is 2.37. The highest BCUT2D eigenvalue weighted by atomic mass is 35.5. The normalized spacial score (nSPS) is 9.95. The number of benzene rings is 2. The maximum absolute atomic E-state index is 11.0. The largest absolute Gasteiger partial charge is 0.399 e. The van der Waals surface area contributed by atoms with Crippen molar-refractivity contribution in [2.75, 3.05) is 16.4 Å². The van der Waals surface area contributed by atoms with Crippen molar-refractivity contribution in [3.8, 4) is 0 Å². The zero-order valence-electron chi connectivity index (χ0n) is 10.9. The Morgan fingerprint density at radius 3 is 2.24 bits per heavy atom. The van der Waals surface area contributed by atoms with Gasteiger partial charge in [0.15, 0.2) is 5.11 Å². The van der Waals surface area contributed by atoms with Crippen LogP contribution < -0.4 is 22.1 Å². The summed E-state index contributed by atoms with van der Waals surface area (Å²) in [6.45, 7) is 0. The Morgan fingerprint density at radius 1 is 1.05 bits per heavy atom. The zero-order chi connectivity index (χ0) is 15.4. The first-order valence-corrected chi connectivity index (χ1v) is 6.76. The highest BCUT2D eigenvalue weighted by molar-refractivity contribution is 7.80. The second kappa shape index (κ2) is 6.43. The molecular weight excluding hydrogens is 308 g/mol. The molecule has 0 saturated carbocycles. The van der Waals surface area contributed by atoms with Gasteiger partial charge in [-0.05, 0) is 54.7 Å². The maximum Gasteiger partial charge on any atom is 0.248 e. The van der Waals surface area contributed by atoms with Crippen LogP contribution in [-0.4, -0.2) is 11.0 Å². The molecule has 0 aromatic heterocycles. The number of primary amides is 1. The summed E-state index contributed by atoms with van der Waals surface area (Å²) in [5.74, 6) is -0.475. The smallest absolute Gasteiger partial charge is 0.248 e. The van der Waals surface area contributed by atoms with E-state index in [9.17, 15) is 4.79 Å². The number of amides is 1. The summed E-state index contributed by atoms with van der Waals surface area (Å²) in [5.41, 5.74) is 13.3. The number of carbonyl (C=O) groups is 1. The molecule has 0 bridgehead atoms. The van der Waals surface area contributed by atoms with Crippen molar-refractivity contribution in [3.63, 3.8) is 0 Å². The second-order valence-corrected chi connectivity index (χ2v) is 5.14. The van der Waals surface area contributed by atoms with Crippen LogP contribution >= 0.6 is 23.8 Å². The van der Waals surface area contributed by atoms with E-state index in [1.54, 1.807) is 42.5 Å². The van der Waals surface area contributed by atoms with Gasteiger partial charge in [0.2, 0.25) is 5.91 Å². The van der Waals surface area contributed by atoms with E-state index in [1.807, 2.05) is 0 Å². The third kappa shape index (κ3) is 4.34. The SMILES string of the molecule is NC(=O)c1ccc(NC(=S)Nc2cc(N)cc(Cl)c2)cc1. The third-order valence-corrected chi connectivity index (χ3v) is 3.03. The van der Waals surface area contributed by atoms with E-state index in [-0.39, 0.29) is 0 Å². The molecule has 21 heavy (non-hydrogen) atoms. The molecule has 0 saturated heterocycles. The number of nitrogen functional groups attached to an aromatic ring is 1. The Hall–Kier alpha value is -2.31. The molecule has 0 fully saturated rings. The molecule has 7 heteroatoms. The molecule has 2 aromatic carbocycles. The van der Waals surface area contributed by atoms with Crippen molar-refractivity contribution >= 4 is 51.9 Å². The summed E-state index contributed by atoms with van der Waals surface area (Å²) in [4.78, 5) is 11.0. The number of rotatable bonds is 3. The maximum atomic E-state index is 11.0. The Bertz CT molecular complexity index is 668. The van der Waals surface area contributed by atoms with Gasteiger partial charge in [0.05, 0.1) is 0 Å². The fraction of sp³-hybridized carbons (Fsp3) is 0. The van der Waals surface area contributed by atoms with Crippen molar-refractivity contribution in [2.45, 2.75) is 0 Å². The lowest BCUT2D eigenvalue weighted by atomic mass is 10.2. The molecule has 0 aliphatic heterocycles. The summed E-state index contributed by atoms with van der Waals surface area (Å²) in [5, 5.41) is 6.85. The summed E-state index contributed by atoms with van der Waals surface area (Å²) < 4.78 is 0. The first-order chi connectivity index (χ1) is 9.94. The molecule has 108 valence electrons. The minimum absolute atomic E-state index is 0.378. The topological polar surface area (TPSA) is 93.2 Å². The van der Waals surface area contributed by atoms with Crippen LogP contribution in [0.3, 0.4) is 0 Å². The van der Waals surface area contributed by atoms with Gasteiger partial charge in [-0.2, -0.15) is 0 Å². The van der Waals surface area contributed by atoms with Gasteiger partial charge < -0.3 is 22.1 Å². The molecule has 2 aromatic rings. The van der Waals surface area contributed by atoms with Gasteiger partial charge in [-0.15, -0.1) is 0 Å². The summed E-state index contributed by atoms with van der Waals surface area (Å²) in [7, 11) is 0. The van der Waals surface area contributed by atoms with Crippen LogP contribution in [0, 0.1) is 0 Å². The van der Waals surface area contributed by atoms with E-state index in [4.69, 9.17) is 35.3 Å². The lowest BCUT2D eigenvalue weighted by Crippen LogP contribution is -2.19. The van der Waals surface area contributed by atoms with Gasteiger partial charge in [0.25, 0.3) is 0 Å². The fourth-order valence-corrected chi connectivity index (χ4v) is 2.18. The highest BCUT2D eigenvalue weighted by Crippen LogP contribution is 2.20. The molecule has 0 heterocycles. The van der Waals surface area contributed by atoms with E-state index in [0.29, 0.717) is 27.1 Å². The molecule has 0 spiro atoms. The molecule has 0 aliphatic rings. The predicted molar refractivity (Wildman–Crippen MR) is 90.7 cm³/mol. The molecule has 0 atom stereocenters. The van der Waals surface area contributed by atoms with Gasteiger partial charge in [0.1, 0.15) is 0 Å². The molecular formula is C14H13ClN4OS. The molecule has 0 radical (unpaired) electrons. The van der Waals surface area contributed by atoms with Gasteiger partial charge >= 0.3 is 0 Å². The Kier molecular flexibility index (Phi) is 4.62. The third-order valence-electron chi connectivity index (χ3n) is 2.61. The van der Waals surface area contributed by atoms with Crippen molar-refractivity contribution in [3.05, 3.63) is 53.1 Å². The van der Waals surface area contributed by atoms with Crippen LogP contribution in [0.25, 0.3) is 0 Å². The number of hydrogen-bond acceptors (Lipinski definition) is 3. The van der Waals surface area contributed by atoms with Gasteiger partial charge in [0, 0.05) is 27.6 Å². The van der Waals surface area contributed by atoms with Crippen LogP contribution in [0.2, 0.25) is 5.02 Å². The van der Waals surface area contributed by atoms with E-state index in [2.05, 4.69) is 10.6 Å². The van der Waals surface area contributed by atoms with Crippen molar-refractivity contribution in [1.29, 1.82) is 0 Å². The van der Waals surface area contributed by atoms with Crippen molar-refractivity contribution < 1.29 is 4.79 Å². The van der Waals surface area contributed by atoms with Crippen LogP contribution in [0.1, 0.15) is 10.4 Å². The number of halogens is 1. The molecule has 1 amide bonds. The highest BCUT2D eigenvalue weighted by Gasteiger charge is 2.03. The fourth-order valence-electron chi connectivity index (χ4n) is 1.70. The van der Waals surface area contributed by atoms with E-state index < -0.39 is 5.91 Å². The minimum Gasteiger partial charge on any atom is -0.399 e. The number of nitrogens with two attached hydrogens (primary N) is 2. The quantitative estimate of drug-likeness (QED) is 0.515.